The Balaban J connectivity index is 0.00000139. The standard InChI is InChI=1S/C18H21NO3.C2H6/c1-18(2,3)22-17(20)12-21-16-10-9-14(11-15(16)19)13-7-5-4-6-8-13;1-2/h4-11H,12,19H2,1-3H3;1-2H3. The van der Waals surface area contributed by atoms with Crippen LogP contribution >= 0.6 is 0 Å². The van der Waals surface area contributed by atoms with E-state index in [0.29, 0.717) is 11.4 Å². The van der Waals surface area contributed by atoms with Gasteiger partial charge in [-0.05, 0) is 44.0 Å². The molecule has 0 radical (unpaired) electrons. The Morgan fingerprint density at radius 1 is 1.00 bits per heavy atom. The van der Waals surface area contributed by atoms with Gasteiger partial charge < -0.3 is 15.2 Å². The van der Waals surface area contributed by atoms with E-state index in [1.807, 2.05) is 77.1 Å². The fourth-order valence-corrected chi connectivity index (χ4v) is 2.00. The van der Waals surface area contributed by atoms with Gasteiger partial charge in [0.1, 0.15) is 11.4 Å². The van der Waals surface area contributed by atoms with E-state index in [9.17, 15) is 4.79 Å². The van der Waals surface area contributed by atoms with Crippen molar-refractivity contribution in [3.63, 3.8) is 0 Å². The molecule has 0 saturated heterocycles. The van der Waals surface area contributed by atoms with Crippen molar-refractivity contribution in [2.75, 3.05) is 12.3 Å². The molecular weight excluding hydrogens is 302 g/mol. The van der Waals surface area contributed by atoms with Crippen molar-refractivity contribution in [3.8, 4) is 16.9 Å². The molecule has 24 heavy (non-hydrogen) atoms. The Morgan fingerprint density at radius 2 is 1.62 bits per heavy atom. The van der Waals surface area contributed by atoms with Gasteiger partial charge in [-0.3, -0.25) is 0 Å². The molecule has 0 aliphatic rings. The van der Waals surface area contributed by atoms with Gasteiger partial charge in [0.05, 0.1) is 5.69 Å². The summed E-state index contributed by atoms with van der Waals surface area (Å²) in [5.41, 5.74) is 8.04. The molecule has 2 aromatic rings. The Kier molecular flexibility index (Phi) is 7.31. The van der Waals surface area contributed by atoms with Crippen molar-refractivity contribution in [2.24, 2.45) is 0 Å². The SMILES string of the molecule is CC.CC(C)(C)OC(=O)COc1ccc(-c2ccccc2)cc1N. The summed E-state index contributed by atoms with van der Waals surface area (Å²) in [5, 5.41) is 0. The first-order valence-electron chi connectivity index (χ1n) is 8.15. The number of carbonyl (C=O) groups is 1. The number of ether oxygens (including phenoxy) is 2. The third kappa shape index (κ3) is 6.32. The molecule has 2 rings (SSSR count). The first-order valence-corrected chi connectivity index (χ1v) is 8.15. The zero-order valence-electron chi connectivity index (χ0n) is 15.1. The van der Waals surface area contributed by atoms with Crippen molar-refractivity contribution < 1.29 is 14.3 Å². The van der Waals surface area contributed by atoms with Crippen molar-refractivity contribution in [2.45, 2.75) is 40.2 Å². The summed E-state index contributed by atoms with van der Waals surface area (Å²) in [5.74, 6) is 0.0598. The highest BCUT2D eigenvalue weighted by molar-refractivity contribution is 5.73. The van der Waals surface area contributed by atoms with Crippen LogP contribution in [0.4, 0.5) is 5.69 Å². The van der Waals surface area contributed by atoms with Crippen LogP contribution in [0, 0.1) is 0 Å². The number of esters is 1. The van der Waals surface area contributed by atoms with Crippen molar-refractivity contribution in [3.05, 3.63) is 48.5 Å². The second kappa shape index (κ2) is 8.96. The largest absolute Gasteiger partial charge is 0.480 e. The maximum absolute atomic E-state index is 11.6. The first kappa shape index (κ1) is 19.6. The number of hydrogen-bond acceptors (Lipinski definition) is 4. The fraction of sp³-hybridized carbons (Fsp3) is 0.350. The molecule has 0 bridgehead atoms. The van der Waals surface area contributed by atoms with Gasteiger partial charge in [0.25, 0.3) is 0 Å². The van der Waals surface area contributed by atoms with Gasteiger partial charge in [0, 0.05) is 0 Å². The van der Waals surface area contributed by atoms with Crippen LogP contribution in [0.1, 0.15) is 34.6 Å². The van der Waals surface area contributed by atoms with Crippen molar-refractivity contribution >= 4 is 11.7 Å². The maximum atomic E-state index is 11.6. The topological polar surface area (TPSA) is 61.5 Å². The van der Waals surface area contributed by atoms with E-state index < -0.39 is 11.6 Å². The first-order chi connectivity index (χ1) is 11.3. The van der Waals surface area contributed by atoms with Gasteiger partial charge in [-0.25, -0.2) is 4.79 Å². The van der Waals surface area contributed by atoms with E-state index in [4.69, 9.17) is 15.2 Å². The van der Waals surface area contributed by atoms with E-state index in [1.165, 1.54) is 0 Å². The molecule has 0 aromatic heterocycles. The Labute approximate surface area is 144 Å². The normalized spacial score (nSPS) is 10.4. The van der Waals surface area contributed by atoms with Gasteiger partial charge in [-0.2, -0.15) is 0 Å². The highest BCUT2D eigenvalue weighted by Crippen LogP contribution is 2.28. The number of nitrogens with two attached hydrogens (primary N) is 1. The predicted octanol–water partition coefficient (Wildman–Crippen LogP) is 4.68. The molecule has 0 fully saturated rings. The Hall–Kier alpha value is -2.49. The molecule has 0 amide bonds. The quantitative estimate of drug-likeness (QED) is 0.653. The zero-order valence-corrected chi connectivity index (χ0v) is 15.1. The molecule has 2 aromatic carbocycles. The monoisotopic (exact) mass is 329 g/mol. The van der Waals surface area contributed by atoms with E-state index in [2.05, 4.69) is 0 Å². The highest BCUT2D eigenvalue weighted by Gasteiger charge is 2.17. The molecular formula is C20H27NO3. The van der Waals surface area contributed by atoms with Crippen LogP contribution in [0.2, 0.25) is 0 Å². The summed E-state index contributed by atoms with van der Waals surface area (Å²) >= 11 is 0. The maximum Gasteiger partial charge on any atom is 0.344 e. The summed E-state index contributed by atoms with van der Waals surface area (Å²) in [6.07, 6.45) is 0. The number of rotatable bonds is 4. The summed E-state index contributed by atoms with van der Waals surface area (Å²) in [7, 11) is 0. The molecule has 0 heterocycles. The second-order valence-electron chi connectivity index (χ2n) is 5.99. The minimum absolute atomic E-state index is 0.161. The zero-order chi connectivity index (χ0) is 18.2. The minimum atomic E-state index is -0.525. The lowest BCUT2D eigenvalue weighted by atomic mass is 10.1. The van der Waals surface area contributed by atoms with Gasteiger partial charge in [0.2, 0.25) is 0 Å². The Morgan fingerprint density at radius 3 is 2.17 bits per heavy atom. The third-order valence-corrected chi connectivity index (χ3v) is 2.88. The smallest absolute Gasteiger partial charge is 0.344 e. The van der Waals surface area contributed by atoms with Crippen molar-refractivity contribution in [1.82, 2.24) is 0 Å². The molecule has 0 atom stereocenters. The van der Waals surface area contributed by atoms with Crippen LogP contribution in [0.25, 0.3) is 11.1 Å². The van der Waals surface area contributed by atoms with Crippen LogP contribution in [0.3, 0.4) is 0 Å². The predicted molar refractivity (Wildman–Crippen MR) is 99.0 cm³/mol. The average molecular weight is 329 g/mol. The van der Waals surface area contributed by atoms with Crippen LogP contribution < -0.4 is 10.5 Å². The van der Waals surface area contributed by atoms with Crippen LogP contribution in [-0.4, -0.2) is 18.2 Å². The summed E-state index contributed by atoms with van der Waals surface area (Å²) in [4.78, 5) is 11.6. The van der Waals surface area contributed by atoms with Crippen LogP contribution in [0.15, 0.2) is 48.5 Å². The molecule has 0 aliphatic heterocycles. The average Bonchev–Trinajstić information content (AvgIpc) is 2.55. The molecule has 4 nitrogen and oxygen atoms in total. The number of hydrogen-bond donors (Lipinski definition) is 1. The molecule has 0 spiro atoms. The van der Waals surface area contributed by atoms with E-state index in [0.717, 1.165) is 11.1 Å². The lowest BCUT2D eigenvalue weighted by molar-refractivity contribution is -0.157. The lowest BCUT2D eigenvalue weighted by Crippen LogP contribution is -2.27. The summed E-state index contributed by atoms with van der Waals surface area (Å²) in [6.45, 7) is 9.28. The van der Waals surface area contributed by atoms with Gasteiger partial charge >= 0.3 is 5.97 Å². The van der Waals surface area contributed by atoms with Crippen molar-refractivity contribution in [1.29, 1.82) is 0 Å². The number of nitrogen functional groups attached to an aromatic ring is 1. The van der Waals surface area contributed by atoms with Crippen LogP contribution in [0.5, 0.6) is 5.75 Å². The van der Waals surface area contributed by atoms with E-state index >= 15 is 0 Å². The fourth-order valence-electron chi connectivity index (χ4n) is 2.00. The number of anilines is 1. The number of carbonyl (C=O) groups excluding carboxylic acids is 1. The van der Waals surface area contributed by atoms with Crippen LogP contribution in [-0.2, 0) is 9.53 Å². The third-order valence-electron chi connectivity index (χ3n) is 2.88. The second-order valence-corrected chi connectivity index (χ2v) is 5.99. The highest BCUT2D eigenvalue weighted by atomic mass is 16.6. The van der Waals surface area contributed by atoms with Gasteiger partial charge in [0.15, 0.2) is 6.61 Å². The molecule has 4 heteroatoms. The molecule has 0 saturated carbocycles. The molecule has 0 unspecified atom stereocenters. The van der Waals surface area contributed by atoms with Gasteiger partial charge in [-0.15, -0.1) is 0 Å². The summed E-state index contributed by atoms with van der Waals surface area (Å²) in [6, 6.07) is 15.4. The summed E-state index contributed by atoms with van der Waals surface area (Å²) < 4.78 is 10.6. The van der Waals surface area contributed by atoms with E-state index in [-0.39, 0.29) is 6.61 Å². The number of benzene rings is 2. The van der Waals surface area contributed by atoms with E-state index in [1.54, 1.807) is 6.07 Å². The minimum Gasteiger partial charge on any atom is -0.480 e. The molecule has 0 aliphatic carbocycles. The molecule has 2 N–H and O–H groups in total. The lowest BCUT2D eigenvalue weighted by Gasteiger charge is -2.19. The Bertz CT molecular complexity index is 646. The molecule has 130 valence electrons. The van der Waals surface area contributed by atoms with Gasteiger partial charge in [-0.1, -0.05) is 50.2 Å².